The molecular weight excluding hydrogens is 328 g/mol. The van der Waals surface area contributed by atoms with E-state index in [1.807, 2.05) is 6.07 Å². The second-order valence-electron chi connectivity index (χ2n) is 7.38. The molecule has 0 radical (unpaired) electrons. The first-order valence-corrected chi connectivity index (χ1v) is 9.21. The normalized spacial score (nSPS) is 17.6. The van der Waals surface area contributed by atoms with Crippen molar-refractivity contribution in [2.45, 2.75) is 52.6 Å². The average Bonchev–Trinajstić information content (AvgIpc) is 2.65. The van der Waals surface area contributed by atoms with E-state index in [0.29, 0.717) is 11.8 Å². The van der Waals surface area contributed by atoms with Gasteiger partial charge in [0.05, 0.1) is 33.9 Å². The van der Waals surface area contributed by atoms with Crippen molar-refractivity contribution in [2.24, 2.45) is 5.92 Å². The maximum absolute atomic E-state index is 9.88. The van der Waals surface area contributed by atoms with E-state index in [1.54, 1.807) is 21.3 Å². The van der Waals surface area contributed by atoms with Crippen molar-refractivity contribution in [2.75, 3.05) is 21.3 Å². The first-order chi connectivity index (χ1) is 12.4. The standard InChI is InChI=1S/C22H32O4/c1-13(2)15-8-17(12-23)21(25-6)18(9-15)19-10-16(14(3)4)11-20(24-5)22(19)26-7/h8-9,11,13-14,19,23H,10,12H2,1-7H3. The summed E-state index contributed by atoms with van der Waals surface area (Å²) in [5.41, 5.74) is 4.35. The molecule has 1 aromatic rings. The van der Waals surface area contributed by atoms with Crippen molar-refractivity contribution in [3.8, 4) is 5.75 Å². The smallest absolute Gasteiger partial charge is 0.157 e. The van der Waals surface area contributed by atoms with Crippen molar-refractivity contribution in [3.05, 3.63) is 52.0 Å². The maximum Gasteiger partial charge on any atom is 0.157 e. The van der Waals surface area contributed by atoms with Gasteiger partial charge in [0.25, 0.3) is 0 Å². The van der Waals surface area contributed by atoms with Gasteiger partial charge in [-0.1, -0.05) is 39.3 Å². The summed E-state index contributed by atoms with van der Waals surface area (Å²) in [5.74, 6) is 3.06. The van der Waals surface area contributed by atoms with Crippen LogP contribution in [0.1, 0.15) is 62.6 Å². The molecule has 0 heterocycles. The van der Waals surface area contributed by atoms with Crippen LogP contribution in [-0.2, 0) is 16.1 Å². The SMILES string of the molecule is COC1=C(OC)C(c2cc(C(C)C)cc(CO)c2OC)CC(C(C)C)=C1. The zero-order chi connectivity index (χ0) is 19.4. The van der Waals surface area contributed by atoms with Gasteiger partial charge in [-0.3, -0.25) is 0 Å². The first-order valence-electron chi connectivity index (χ1n) is 9.21. The number of aliphatic hydroxyl groups excluding tert-OH is 1. The second-order valence-corrected chi connectivity index (χ2v) is 7.38. The van der Waals surface area contributed by atoms with E-state index in [4.69, 9.17) is 14.2 Å². The largest absolute Gasteiger partial charge is 0.497 e. The Bertz CT molecular complexity index is 698. The average molecular weight is 360 g/mol. The third-order valence-corrected chi connectivity index (χ3v) is 5.13. The zero-order valence-electron chi connectivity index (χ0n) is 17.1. The van der Waals surface area contributed by atoms with Crippen molar-refractivity contribution >= 4 is 0 Å². The monoisotopic (exact) mass is 360 g/mol. The number of allylic oxidation sites excluding steroid dienone is 3. The molecule has 4 heteroatoms. The van der Waals surface area contributed by atoms with Crippen LogP contribution in [0, 0.1) is 5.92 Å². The Labute approximate surface area is 157 Å². The number of aliphatic hydroxyl groups is 1. The third-order valence-electron chi connectivity index (χ3n) is 5.13. The number of rotatable bonds is 7. The highest BCUT2D eigenvalue weighted by Gasteiger charge is 2.31. The molecule has 26 heavy (non-hydrogen) atoms. The lowest BCUT2D eigenvalue weighted by molar-refractivity contribution is 0.204. The quantitative estimate of drug-likeness (QED) is 0.752. The highest BCUT2D eigenvalue weighted by atomic mass is 16.5. The van der Waals surface area contributed by atoms with Crippen LogP contribution in [0.15, 0.2) is 35.3 Å². The van der Waals surface area contributed by atoms with Crippen LogP contribution in [-0.4, -0.2) is 26.4 Å². The van der Waals surface area contributed by atoms with Gasteiger partial charge in [-0.25, -0.2) is 0 Å². The number of methoxy groups -OCH3 is 3. The minimum atomic E-state index is -0.0561. The molecule has 144 valence electrons. The molecule has 0 fully saturated rings. The first kappa shape index (κ1) is 20.4. The van der Waals surface area contributed by atoms with Gasteiger partial charge in [-0.15, -0.1) is 0 Å². The van der Waals surface area contributed by atoms with Gasteiger partial charge in [0.1, 0.15) is 11.5 Å². The predicted molar refractivity (Wildman–Crippen MR) is 104 cm³/mol. The molecule has 0 aliphatic heterocycles. The maximum atomic E-state index is 9.88. The van der Waals surface area contributed by atoms with Crippen molar-refractivity contribution < 1.29 is 19.3 Å². The summed E-state index contributed by atoms with van der Waals surface area (Å²) in [4.78, 5) is 0. The third kappa shape index (κ3) is 3.90. The summed E-state index contributed by atoms with van der Waals surface area (Å²) < 4.78 is 17.1. The van der Waals surface area contributed by atoms with E-state index in [1.165, 1.54) is 11.1 Å². The number of hydrogen-bond donors (Lipinski definition) is 1. The highest BCUT2D eigenvalue weighted by Crippen LogP contribution is 2.45. The molecule has 1 N–H and O–H groups in total. The van der Waals surface area contributed by atoms with Gasteiger partial charge in [-0.2, -0.15) is 0 Å². The zero-order valence-corrected chi connectivity index (χ0v) is 17.1. The Morgan fingerprint density at radius 2 is 1.69 bits per heavy atom. The molecule has 0 saturated heterocycles. The molecule has 1 aliphatic carbocycles. The molecule has 0 amide bonds. The van der Waals surface area contributed by atoms with Crippen LogP contribution in [0.25, 0.3) is 0 Å². The Kier molecular flexibility index (Phi) is 6.76. The lowest BCUT2D eigenvalue weighted by Crippen LogP contribution is -2.17. The fraction of sp³-hybridized carbons (Fsp3) is 0.545. The molecule has 1 unspecified atom stereocenters. The molecule has 4 nitrogen and oxygen atoms in total. The van der Waals surface area contributed by atoms with Crippen LogP contribution in [0.4, 0.5) is 0 Å². The van der Waals surface area contributed by atoms with E-state index in [0.717, 1.165) is 34.8 Å². The lowest BCUT2D eigenvalue weighted by Gasteiger charge is -2.30. The molecule has 1 aromatic carbocycles. The van der Waals surface area contributed by atoms with E-state index in [2.05, 4.69) is 39.8 Å². The fourth-order valence-corrected chi connectivity index (χ4v) is 3.55. The molecule has 0 spiro atoms. The second kappa shape index (κ2) is 8.63. The molecule has 0 bridgehead atoms. The predicted octanol–water partition coefficient (Wildman–Crippen LogP) is 4.89. The molecule has 1 aliphatic rings. The summed E-state index contributed by atoms with van der Waals surface area (Å²) in [5, 5.41) is 9.88. The van der Waals surface area contributed by atoms with Gasteiger partial charge < -0.3 is 19.3 Å². The summed E-state index contributed by atoms with van der Waals surface area (Å²) >= 11 is 0. The highest BCUT2D eigenvalue weighted by molar-refractivity contribution is 5.51. The Balaban J connectivity index is 2.70. The van der Waals surface area contributed by atoms with Crippen LogP contribution >= 0.6 is 0 Å². The van der Waals surface area contributed by atoms with Gasteiger partial charge in [0.2, 0.25) is 0 Å². The summed E-state index contributed by atoms with van der Waals surface area (Å²) in [6, 6.07) is 4.21. The van der Waals surface area contributed by atoms with Gasteiger partial charge >= 0.3 is 0 Å². The van der Waals surface area contributed by atoms with Crippen molar-refractivity contribution in [1.82, 2.24) is 0 Å². The van der Waals surface area contributed by atoms with Crippen LogP contribution < -0.4 is 4.74 Å². The molecular formula is C22H32O4. The number of ether oxygens (including phenoxy) is 3. The minimum Gasteiger partial charge on any atom is -0.497 e. The summed E-state index contributed by atoms with van der Waals surface area (Å²) in [6.07, 6.45) is 2.93. The van der Waals surface area contributed by atoms with Gasteiger partial charge in [-0.05, 0) is 36.0 Å². The Hall–Kier alpha value is -1.94. The molecule has 1 atom stereocenters. The number of benzene rings is 1. The van der Waals surface area contributed by atoms with Crippen LogP contribution in [0.5, 0.6) is 5.75 Å². The summed E-state index contributed by atoms with van der Waals surface area (Å²) in [6.45, 7) is 8.63. The molecule has 2 rings (SSSR count). The molecule has 0 aromatic heterocycles. The van der Waals surface area contributed by atoms with E-state index < -0.39 is 0 Å². The van der Waals surface area contributed by atoms with Crippen molar-refractivity contribution in [3.63, 3.8) is 0 Å². The lowest BCUT2D eigenvalue weighted by atomic mass is 9.80. The topological polar surface area (TPSA) is 47.9 Å². The number of hydrogen-bond acceptors (Lipinski definition) is 4. The minimum absolute atomic E-state index is 0.00343. The van der Waals surface area contributed by atoms with E-state index >= 15 is 0 Å². The molecule has 0 saturated carbocycles. The van der Waals surface area contributed by atoms with Gasteiger partial charge in [0, 0.05) is 11.1 Å². The fourth-order valence-electron chi connectivity index (χ4n) is 3.55. The Morgan fingerprint density at radius 3 is 2.15 bits per heavy atom. The summed E-state index contributed by atoms with van der Waals surface area (Å²) in [7, 11) is 5.01. The van der Waals surface area contributed by atoms with E-state index in [9.17, 15) is 5.11 Å². The van der Waals surface area contributed by atoms with E-state index in [-0.39, 0.29) is 12.5 Å². The Morgan fingerprint density at radius 1 is 1.00 bits per heavy atom. The van der Waals surface area contributed by atoms with Crippen LogP contribution in [0.2, 0.25) is 0 Å². The van der Waals surface area contributed by atoms with Gasteiger partial charge in [0.15, 0.2) is 5.76 Å². The van der Waals surface area contributed by atoms with Crippen molar-refractivity contribution in [1.29, 1.82) is 0 Å². The van der Waals surface area contributed by atoms with Crippen LogP contribution in [0.3, 0.4) is 0 Å².